The van der Waals surface area contributed by atoms with Crippen LogP contribution < -0.4 is 14.2 Å². The van der Waals surface area contributed by atoms with Gasteiger partial charge in [-0.15, -0.1) is 0 Å². The minimum absolute atomic E-state index is 0. The summed E-state index contributed by atoms with van der Waals surface area (Å²) in [5.41, 5.74) is 1.97. The van der Waals surface area contributed by atoms with Gasteiger partial charge in [0.25, 0.3) is 10.0 Å². The van der Waals surface area contributed by atoms with Gasteiger partial charge in [0.05, 0.1) is 59.5 Å². The predicted octanol–water partition coefficient (Wildman–Crippen LogP) is 2.94. The second-order valence-electron chi connectivity index (χ2n) is 8.22. The molecule has 2 heterocycles. The molecule has 0 aliphatic carbocycles. The number of aromatic nitrogens is 3. The zero-order valence-corrected chi connectivity index (χ0v) is 25.8. The van der Waals surface area contributed by atoms with Crippen LogP contribution in [0.4, 0.5) is 0 Å². The van der Waals surface area contributed by atoms with Gasteiger partial charge in [-0.1, -0.05) is 0 Å². The van der Waals surface area contributed by atoms with Gasteiger partial charge >= 0.3 is 5.97 Å². The van der Waals surface area contributed by atoms with E-state index in [1.165, 1.54) is 45.6 Å². The van der Waals surface area contributed by atoms with Gasteiger partial charge in [0.1, 0.15) is 22.8 Å². The molecule has 1 radical (unpaired) electrons. The fraction of sp³-hybridized carbons (Fsp3) is 0.240. The molecular formula is C25H25N3NaO8S2. The molecule has 1 N–H and O–H groups in total. The van der Waals surface area contributed by atoms with Crippen LogP contribution in [-0.4, -0.2) is 88.5 Å². The van der Waals surface area contributed by atoms with E-state index in [9.17, 15) is 22.5 Å². The molecule has 0 saturated heterocycles. The SMILES string of the molecule is COc1ccc2c(c1)nc(S(=O)Cc1ncc(C)c(OC)c1C)n2S(=O)(=O)c1ccc(OC)c(C(=O)O)c1.[Na]. The summed E-state index contributed by atoms with van der Waals surface area (Å²) in [5, 5.41) is 9.32. The molecule has 0 bridgehead atoms. The van der Waals surface area contributed by atoms with Gasteiger partial charge in [-0.3, -0.25) is 9.19 Å². The summed E-state index contributed by atoms with van der Waals surface area (Å²) in [7, 11) is -2.18. The van der Waals surface area contributed by atoms with Crippen LogP contribution in [0.25, 0.3) is 11.0 Å². The smallest absolute Gasteiger partial charge is 0.339 e. The number of carboxylic acids is 1. The Hall–Kier alpha value is -2.97. The van der Waals surface area contributed by atoms with Gasteiger partial charge in [0.15, 0.2) is 0 Å². The number of hydrogen-bond acceptors (Lipinski definition) is 9. The van der Waals surface area contributed by atoms with Gasteiger partial charge in [0.2, 0.25) is 5.16 Å². The number of ether oxygens (including phenoxy) is 3. The molecule has 1 atom stereocenters. The molecule has 11 nitrogen and oxygen atoms in total. The normalized spacial score (nSPS) is 12.0. The maximum Gasteiger partial charge on any atom is 0.339 e. The van der Waals surface area contributed by atoms with Gasteiger partial charge in [-0.25, -0.2) is 22.2 Å². The Labute approximate surface area is 249 Å². The number of benzene rings is 2. The van der Waals surface area contributed by atoms with Crippen LogP contribution in [0.3, 0.4) is 0 Å². The van der Waals surface area contributed by atoms with Crippen molar-refractivity contribution in [2.24, 2.45) is 0 Å². The summed E-state index contributed by atoms with van der Waals surface area (Å²) in [6.45, 7) is 3.61. The number of nitrogens with zero attached hydrogens (tertiary/aromatic N) is 3. The fourth-order valence-corrected chi connectivity index (χ4v) is 7.12. The molecule has 2 aromatic carbocycles. The van der Waals surface area contributed by atoms with Crippen molar-refractivity contribution in [3.63, 3.8) is 0 Å². The van der Waals surface area contributed by atoms with Crippen molar-refractivity contribution >= 4 is 67.4 Å². The molecule has 201 valence electrons. The van der Waals surface area contributed by atoms with E-state index in [0.29, 0.717) is 22.8 Å². The van der Waals surface area contributed by atoms with Gasteiger partial charge in [0, 0.05) is 52.9 Å². The molecule has 0 saturated carbocycles. The average Bonchev–Trinajstić information content (AvgIpc) is 3.30. The number of aryl methyl sites for hydroxylation is 1. The van der Waals surface area contributed by atoms with Crippen LogP contribution >= 0.6 is 0 Å². The topological polar surface area (TPSA) is 147 Å². The number of aromatic carboxylic acids is 1. The van der Waals surface area contributed by atoms with Gasteiger partial charge < -0.3 is 19.3 Å². The van der Waals surface area contributed by atoms with Crippen molar-refractivity contribution in [2.75, 3.05) is 21.3 Å². The van der Waals surface area contributed by atoms with E-state index >= 15 is 0 Å². The molecule has 4 aromatic rings. The third-order valence-corrected chi connectivity index (χ3v) is 8.98. The largest absolute Gasteiger partial charge is 0.497 e. The summed E-state index contributed by atoms with van der Waals surface area (Å²) in [6.07, 6.45) is 1.59. The maximum atomic E-state index is 13.9. The molecule has 4 rings (SSSR count). The van der Waals surface area contributed by atoms with E-state index in [1.54, 1.807) is 19.2 Å². The van der Waals surface area contributed by atoms with Crippen molar-refractivity contribution in [3.8, 4) is 17.2 Å². The molecule has 0 aliphatic rings. The van der Waals surface area contributed by atoms with Crippen LogP contribution in [0.5, 0.6) is 17.2 Å². The Kier molecular flexibility index (Phi) is 9.44. The van der Waals surface area contributed by atoms with Crippen LogP contribution in [0, 0.1) is 13.8 Å². The summed E-state index contributed by atoms with van der Waals surface area (Å²) in [4.78, 5) is 20.2. The van der Waals surface area contributed by atoms with Gasteiger partial charge in [-0.05, 0) is 44.2 Å². The predicted molar refractivity (Wildman–Crippen MR) is 145 cm³/mol. The average molecular weight is 583 g/mol. The minimum atomic E-state index is -4.46. The second-order valence-corrected chi connectivity index (χ2v) is 11.4. The number of carboxylic acid groups (broad SMARTS) is 1. The van der Waals surface area contributed by atoms with Crippen LogP contribution in [0.15, 0.2) is 52.6 Å². The second kappa shape index (κ2) is 12.0. The van der Waals surface area contributed by atoms with E-state index < -0.39 is 26.8 Å². The summed E-state index contributed by atoms with van der Waals surface area (Å²) >= 11 is 0. The zero-order valence-electron chi connectivity index (χ0n) is 22.2. The Morgan fingerprint density at radius 2 is 1.77 bits per heavy atom. The quantitative estimate of drug-likeness (QED) is 0.292. The van der Waals surface area contributed by atoms with Crippen molar-refractivity contribution < 1.29 is 36.7 Å². The van der Waals surface area contributed by atoms with Crippen LogP contribution in [0.2, 0.25) is 0 Å². The van der Waals surface area contributed by atoms with E-state index in [1.807, 2.05) is 6.92 Å². The molecule has 0 aliphatic heterocycles. The molecule has 2 aromatic heterocycles. The Bertz CT molecular complexity index is 1700. The summed E-state index contributed by atoms with van der Waals surface area (Å²) in [5.74, 6) is -0.484. The first-order chi connectivity index (χ1) is 18.0. The number of carbonyl (C=O) groups is 1. The van der Waals surface area contributed by atoms with Crippen molar-refractivity contribution in [1.82, 2.24) is 13.9 Å². The molecule has 0 spiro atoms. The Morgan fingerprint density at radius 3 is 2.38 bits per heavy atom. The number of hydrogen-bond donors (Lipinski definition) is 1. The molecule has 39 heavy (non-hydrogen) atoms. The zero-order chi connectivity index (χ0) is 27.8. The molecule has 14 heteroatoms. The number of rotatable bonds is 9. The molecule has 0 amide bonds. The molecule has 1 unspecified atom stereocenters. The monoisotopic (exact) mass is 582 g/mol. The first kappa shape index (κ1) is 30.6. The molecule has 0 fully saturated rings. The summed E-state index contributed by atoms with van der Waals surface area (Å²) in [6, 6.07) is 8.03. The van der Waals surface area contributed by atoms with Gasteiger partial charge in [-0.2, -0.15) is 0 Å². The number of fused-ring (bicyclic) bond motifs is 1. The number of methoxy groups -OCH3 is 3. The van der Waals surface area contributed by atoms with E-state index in [2.05, 4.69) is 9.97 Å². The number of imidazole rings is 1. The number of pyridine rings is 1. The van der Waals surface area contributed by atoms with Crippen molar-refractivity contribution in [2.45, 2.75) is 29.7 Å². The molecular weight excluding hydrogens is 557 g/mol. The Morgan fingerprint density at radius 1 is 1.05 bits per heavy atom. The van der Waals surface area contributed by atoms with Crippen LogP contribution in [0.1, 0.15) is 27.2 Å². The third-order valence-electron chi connectivity index (χ3n) is 5.95. The van der Waals surface area contributed by atoms with E-state index in [0.717, 1.165) is 15.6 Å². The van der Waals surface area contributed by atoms with Crippen molar-refractivity contribution in [1.29, 1.82) is 0 Å². The first-order valence-electron chi connectivity index (χ1n) is 11.1. The maximum absolute atomic E-state index is 13.9. The van der Waals surface area contributed by atoms with Crippen molar-refractivity contribution in [3.05, 3.63) is 65.0 Å². The minimum Gasteiger partial charge on any atom is -0.497 e. The Balaban J connectivity index is 0.00000420. The van der Waals surface area contributed by atoms with E-state index in [4.69, 9.17) is 14.2 Å². The summed E-state index contributed by atoms with van der Waals surface area (Å²) < 4.78 is 58.1. The van der Waals surface area contributed by atoms with E-state index in [-0.39, 0.29) is 67.7 Å². The third kappa shape index (κ3) is 5.68. The standard InChI is InChI=1S/C25H25N3O8S2.Na/c1-14-12-26-20(15(2)23(14)36-5)13-37(31)25-27-19-10-16(34-3)6-8-21(19)28(25)38(32,33)17-7-9-22(35-4)18(11-17)24(29)30;/h6-12H,13H2,1-5H3,(H,29,30);. The van der Waals surface area contributed by atoms with Crippen LogP contribution in [-0.2, 0) is 26.6 Å². The first-order valence-corrected chi connectivity index (χ1v) is 13.9. The fourth-order valence-electron chi connectivity index (χ4n) is 4.04.